The summed E-state index contributed by atoms with van der Waals surface area (Å²) < 4.78 is 33.0. The number of carbonyl (C=O) groups excluding carboxylic acids is 1. The summed E-state index contributed by atoms with van der Waals surface area (Å²) in [6.07, 6.45) is 0.919. The molecule has 1 fully saturated rings. The highest BCUT2D eigenvalue weighted by Crippen LogP contribution is 2.23. The molecule has 0 spiro atoms. The molecule has 0 aromatic heterocycles. The van der Waals surface area contributed by atoms with Crippen LogP contribution in [0.5, 0.6) is 0 Å². The quantitative estimate of drug-likeness (QED) is 0.555. The number of ether oxygens (including phenoxy) is 1. The Kier molecular flexibility index (Phi) is 8.49. The Morgan fingerprint density at radius 1 is 1.23 bits per heavy atom. The highest BCUT2D eigenvalue weighted by molar-refractivity contribution is 7.89. The molecule has 1 aromatic rings. The molecule has 8 nitrogen and oxygen atoms in total. The molecule has 0 aliphatic carbocycles. The van der Waals surface area contributed by atoms with Crippen molar-refractivity contribution in [1.29, 1.82) is 0 Å². The van der Waals surface area contributed by atoms with Crippen LogP contribution in [0.25, 0.3) is 0 Å². The molecular weight excluding hydrogens is 418 g/mol. The van der Waals surface area contributed by atoms with E-state index in [9.17, 15) is 18.3 Å². The number of likely N-dealkylation sites (N-methyl/N-ethyl adjacent to an activating group) is 1. The molecule has 1 aromatic carbocycles. The van der Waals surface area contributed by atoms with Crippen LogP contribution in [0, 0.1) is 0 Å². The van der Waals surface area contributed by atoms with Gasteiger partial charge in [-0.15, -0.1) is 0 Å². The molecule has 1 atom stereocenters. The van der Waals surface area contributed by atoms with Gasteiger partial charge in [-0.2, -0.15) is 4.31 Å². The molecule has 31 heavy (non-hydrogen) atoms. The van der Waals surface area contributed by atoms with Gasteiger partial charge in [-0.05, 0) is 64.8 Å². The third kappa shape index (κ3) is 8.07. The Labute approximate surface area is 186 Å². The fraction of sp³-hybridized carbons (Fsp3) is 0.682. The van der Waals surface area contributed by atoms with Gasteiger partial charge in [-0.3, -0.25) is 0 Å². The van der Waals surface area contributed by atoms with Crippen LogP contribution in [0.4, 0.5) is 4.79 Å². The molecule has 0 saturated carbocycles. The molecule has 0 radical (unpaired) electrons. The Morgan fingerprint density at radius 3 is 2.45 bits per heavy atom. The number of nitrogens with zero attached hydrogens (tertiary/aromatic N) is 1. The third-order valence-corrected chi connectivity index (χ3v) is 6.95. The second kappa shape index (κ2) is 10.3. The molecule has 0 bridgehead atoms. The third-order valence-electron chi connectivity index (χ3n) is 5.05. The van der Waals surface area contributed by atoms with Gasteiger partial charge < -0.3 is 20.5 Å². The minimum absolute atomic E-state index is 0.117. The predicted molar refractivity (Wildman–Crippen MR) is 120 cm³/mol. The smallest absolute Gasteiger partial charge is 0.407 e. The number of carbonyl (C=O) groups is 1. The van der Waals surface area contributed by atoms with E-state index in [0.29, 0.717) is 38.9 Å². The van der Waals surface area contributed by atoms with E-state index in [2.05, 4.69) is 10.6 Å². The number of hydrogen-bond acceptors (Lipinski definition) is 6. The minimum Gasteiger partial charge on any atom is -0.444 e. The molecule has 1 aliphatic heterocycles. The first kappa shape index (κ1) is 25.6. The Morgan fingerprint density at radius 2 is 1.87 bits per heavy atom. The first-order valence-corrected chi connectivity index (χ1v) is 12.3. The summed E-state index contributed by atoms with van der Waals surface area (Å²) in [5.41, 5.74) is -0.772. The lowest BCUT2D eigenvalue weighted by Gasteiger charge is -2.32. The van der Waals surface area contributed by atoms with E-state index >= 15 is 0 Å². The minimum atomic E-state index is -3.65. The van der Waals surface area contributed by atoms with Crippen molar-refractivity contribution >= 4 is 16.1 Å². The maximum Gasteiger partial charge on any atom is 0.407 e. The number of sulfonamides is 1. The zero-order valence-corrected chi connectivity index (χ0v) is 20.1. The van der Waals surface area contributed by atoms with Crippen molar-refractivity contribution in [3.8, 4) is 0 Å². The summed E-state index contributed by atoms with van der Waals surface area (Å²) in [6, 6.07) is 6.65. The van der Waals surface area contributed by atoms with E-state index < -0.39 is 27.3 Å². The monoisotopic (exact) mass is 455 g/mol. The van der Waals surface area contributed by atoms with E-state index in [0.717, 1.165) is 12.1 Å². The SMILES string of the molecule is CCNCC(C)(O)Cc1cccc(S(=O)(=O)N2CCC(NC(=O)OC(C)(C)C)CC2)c1. The van der Waals surface area contributed by atoms with E-state index in [-0.39, 0.29) is 10.9 Å². The first-order chi connectivity index (χ1) is 14.3. The summed E-state index contributed by atoms with van der Waals surface area (Å²) in [5, 5.41) is 16.5. The average Bonchev–Trinajstić information content (AvgIpc) is 2.65. The number of benzene rings is 1. The lowest BCUT2D eigenvalue weighted by molar-refractivity contribution is 0.0489. The number of amides is 1. The number of piperidine rings is 1. The zero-order chi connectivity index (χ0) is 23.3. The number of aliphatic hydroxyl groups is 1. The molecule has 1 unspecified atom stereocenters. The van der Waals surface area contributed by atoms with Gasteiger partial charge in [0.1, 0.15) is 5.60 Å². The average molecular weight is 456 g/mol. The van der Waals surface area contributed by atoms with Crippen molar-refractivity contribution in [2.45, 2.75) is 76.0 Å². The Bertz CT molecular complexity index is 841. The van der Waals surface area contributed by atoms with Crippen LogP contribution in [0.2, 0.25) is 0 Å². The van der Waals surface area contributed by atoms with Gasteiger partial charge in [0.25, 0.3) is 0 Å². The molecule has 1 heterocycles. The Hall–Kier alpha value is -1.68. The standard InChI is InChI=1S/C22H37N3O5S/c1-6-23-16-22(5,27)15-17-8-7-9-19(14-17)31(28,29)25-12-10-18(11-13-25)24-20(26)30-21(2,3)4/h7-9,14,18,23,27H,6,10-13,15-16H2,1-5H3,(H,24,26). The maximum absolute atomic E-state index is 13.1. The van der Waals surface area contributed by atoms with Crippen molar-refractivity contribution in [2.75, 3.05) is 26.2 Å². The second-order valence-electron chi connectivity index (χ2n) is 9.43. The lowest BCUT2D eigenvalue weighted by Crippen LogP contribution is -2.47. The van der Waals surface area contributed by atoms with Crippen LogP contribution in [0.1, 0.15) is 53.0 Å². The van der Waals surface area contributed by atoms with Gasteiger partial charge in [0.15, 0.2) is 0 Å². The van der Waals surface area contributed by atoms with Gasteiger partial charge in [-0.1, -0.05) is 19.1 Å². The van der Waals surface area contributed by atoms with Crippen LogP contribution >= 0.6 is 0 Å². The molecule has 1 saturated heterocycles. The van der Waals surface area contributed by atoms with E-state index in [1.165, 1.54) is 4.31 Å². The fourth-order valence-electron chi connectivity index (χ4n) is 3.58. The van der Waals surface area contributed by atoms with Crippen molar-refractivity contribution in [3.05, 3.63) is 29.8 Å². The molecule has 3 N–H and O–H groups in total. The van der Waals surface area contributed by atoms with Crippen LogP contribution in [-0.2, 0) is 21.2 Å². The van der Waals surface area contributed by atoms with Crippen molar-refractivity contribution in [3.63, 3.8) is 0 Å². The Balaban J connectivity index is 1.99. The van der Waals surface area contributed by atoms with Gasteiger partial charge in [-0.25, -0.2) is 13.2 Å². The topological polar surface area (TPSA) is 108 Å². The summed E-state index contributed by atoms with van der Waals surface area (Å²) in [5.74, 6) is 0. The zero-order valence-electron chi connectivity index (χ0n) is 19.3. The summed E-state index contributed by atoms with van der Waals surface area (Å²) in [4.78, 5) is 12.2. The van der Waals surface area contributed by atoms with Gasteiger partial charge >= 0.3 is 6.09 Å². The van der Waals surface area contributed by atoms with E-state index in [1.807, 2.05) is 13.0 Å². The van der Waals surface area contributed by atoms with Gasteiger partial charge in [0, 0.05) is 32.1 Å². The number of nitrogens with one attached hydrogen (secondary N) is 2. The van der Waals surface area contributed by atoms with E-state index in [4.69, 9.17) is 4.74 Å². The highest BCUT2D eigenvalue weighted by atomic mass is 32.2. The van der Waals surface area contributed by atoms with Gasteiger partial charge in [0.2, 0.25) is 10.0 Å². The van der Waals surface area contributed by atoms with Crippen LogP contribution in [0.3, 0.4) is 0 Å². The summed E-state index contributed by atoms with van der Waals surface area (Å²) in [7, 11) is -3.65. The number of hydrogen-bond donors (Lipinski definition) is 3. The number of rotatable bonds is 8. The molecule has 176 valence electrons. The van der Waals surface area contributed by atoms with Gasteiger partial charge in [0.05, 0.1) is 10.5 Å². The maximum atomic E-state index is 13.1. The van der Waals surface area contributed by atoms with Crippen LogP contribution in [-0.4, -0.2) is 67.3 Å². The molecule has 1 amide bonds. The van der Waals surface area contributed by atoms with Crippen LogP contribution in [0.15, 0.2) is 29.2 Å². The van der Waals surface area contributed by atoms with Crippen molar-refractivity contribution in [2.24, 2.45) is 0 Å². The lowest BCUT2D eigenvalue weighted by atomic mass is 9.96. The molecule has 9 heteroatoms. The second-order valence-corrected chi connectivity index (χ2v) is 11.4. The van der Waals surface area contributed by atoms with E-state index in [1.54, 1.807) is 45.9 Å². The first-order valence-electron chi connectivity index (χ1n) is 10.8. The molecule has 2 rings (SSSR count). The highest BCUT2D eigenvalue weighted by Gasteiger charge is 2.31. The molecule has 1 aliphatic rings. The van der Waals surface area contributed by atoms with Crippen molar-refractivity contribution in [1.82, 2.24) is 14.9 Å². The largest absolute Gasteiger partial charge is 0.444 e. The molecular formula is C22H37N3O5S. The normalized spacial score (nSPS) is 18.4. The summed E-state index contributed by atoms with van der Waals surface area (Å²) in [6.45, 7) is 10.9. The summed E-state index contributed by atoms with van der Waals surface area (Å²) >= 11 is 0. The predicted octanol–water partition coefficient (Wildman–Crippen LogP) is 2.27. The van der Waals surface area contributed by atoms with Crippen molar-refractivity contribution < 1.29 is 23.1 Å². The number of alkyl carbamates (subject to hydrolysis) is 1. The van der Waals surface area contributed by atoms with Crippen LogP contribution < -0.4 is 10.6 Å². The fourth-order valence-corrected chi connectivity index (χ4v) is 5.12.